The van der Waals surface area contributed by atoms with Crippen molar-refractivity contribution in [3.63, 3.8) is 0 Å². The van der Waals surface area contributed by atoms with E-state index in [1.807, 2.05) is 53.9 Å². The second-order valence-corrected chi connectivity index (χ2v) is 10.1. The summed E-state index contributed by atoms with van der Waals surface area (Å²) in [6.07, 6.45) is 1.75. The van der Waals surface area contributed by atoms with E-state index in [9.17, 15) is 9.59 Å². The van der Waals surface area contributed by atoms with Gasteiger partial charge in [0.25, 0.3) is 5.56 Å². The van der Waals surface area contributed by atoms with Gasteiger partial charge in [0.15, 0.2) is 0 Å². The molecule has 4 aromatic heterocycles. The third-order valence-corrected chi connectivity index (χ3v) is 7.14. The molecule has 0 spiro atoms. The Morgan fingerprint density at radius 1 is 1.06 bits per heavy atom. The van der Waals surface area contributed by atoms with Crippen LogP contribution in [0.5, 0.6) is 0 Å². The molecule has 4 heterocycles. The number of anilines is 1. The van der Waals surface area contributed by atoms with Crippen LogP contribution in [0.15, 0.2) is 88.5 Å². The third-order valence-electron chi connectivity index (χ3n) is 5.22. The van der Waals surface area contributed by atoms with E-state index in [4.69, 9.17) is 11.6 Å². The van der Waals surface area contributed by atoms with Gasteiger partial charge in [-0.25, -0.2) is 4.68 Å². The van der Waals surface area contributed by atoms with Gasteiger partial charge in [0.2, 0.25) is 5.78 Å². The number of thiophene rings is 2. The first kappa shape index (κ1) is 22.3. The van der Waals surface area contributed by atoms with Crippen molar-refractivity contribution < 1.29 is 4.79 Å². The van der Waals surface area contributed by atoms with Crippen molar-refractivity contribution >= 4 is 45.9 Å². The number of carbonyl (C=O) groups excluding carboxylic acids is 1. The minimum absolute atomic E-state index is 0.192. The lowest BCUT2D eigenvalue weighted by Crippen LogP contribution is -2.25. The van der Waals surface area contributed by atoms with Crippen molar-refractivity contribution in [1.29, 1.82) is 0 Å². The quantitative estimate of drug-likeness (QED) is 0.274. The van der Waals surface area contributed by atoms with Gasteiger partial charge >= 0.3 is 0 Å². The summed E-state index contributed by atoms with van der Waals surface area (Å²) in [6, 6.07) is 20.5. The van der Waals surface area contributed by atoms with E-state index < -0.39 is 0 Å². The molecule has 5 aromatic rings. The zero-order valence-corrected chi connectivity index (χ0v) is 20.2. The van der Waals surface area contributed by atoms with E-state index in [1.54, 1.807) is 34.3 Å². The van der Waals surface area contributed by atoms with Crippen molar-refractivity contribution in [3.05, 3.63) is 120 Å². The number of pyridine rings is 1. The van der Waals surface area contributed by atoms with Crippen molar-refractivity contribution in [2.75, 3.05) is 5.32 Å². The number of halogens is 1. The number of rotatable bonds is 8. The molecule has 9 heteroatoms. The summed E-state index contributed by atoms with van der Waals surface area (Å²) in [6.45, 7) is 0.923. The molecule has 0 saturated carbocycles. The van der Waals surface area contributed by atoms with Crippen molar-refractivity contribution in [2.45, 2.75) is 13.1 Å². The van der Waals surface area contributed by atoms with Crippen LogP contribution in [0.3, 0.4) is 0 Å². The molecule has 0 unspecified atom stereocenters. The van der Waals surface area contributed by atoms with Crippen LogP contribution in [0.2, 0.25) is 4.34 Å². The molecule has 1 aromatic carbocycles. The molecule has 0 radical (unpaired) electrons. The first-order valence-corrected chi connectivity index (χ1v) is 12.6. The number of nitrogens with one attached hydrogen (secondary N) is 1. The summed E-state index contributed by atoms with van der Waals surface area (Å²) < 4.78 is 3.85. The number of benzene rings is 1. The van der Waals surface area contributed by atoms with Crippen LogP contribution in [0.25, 0.3) is 5.69 Å². The SMILES string of the molecule is O=C(c1ccsc1)c1cc(NCc2ccc(Cl)s2)n(-c2cccn(Cc3ccccc3)c2=O)n1. The predicted octanol–water partition coefficient (Wildman–Crippen LogP) is 5.70. The summed E-state index contributed by atoms with van der Waals surface area (Å²) in [4.78, 5) is 27.4. The molecule has 0 amide bonds. The molecule has 0 fully saturated rings. The molecule has 5 rings (SSSR count). The Morgan fingerprint density at radius 3 is 2.65 bits per heavy atom. The third kappa shape index (κ3) is 4.75. The lowest BCUT2D eigenvalue weighted by Gasteiger charge is -2.11. The van der Waals surface area contributed by atoms with Crippen LogP contribution in [0.4, 0.5) is 5.82 Å². The molecule has 1 N–H and O–H groups in total. The number of nitrogens with zero attached hydrogens (tertiary/aromatic N) is 3. The van der Waals surface area contributed by atoms with Gasteiger partial charge in [0.1, 0.15) is 17.2 Å². The Balaban J connectivity index is 1.53. The lowest BCUT2D eigenvalue weighted by molar-refractivity contribution is 0.103. The van der Waals surface area contributed by atoms with Crippen LogP contribution in [0.1, 0.15) is 26.5 Å². The first-order valence-electron chi connectivity index (χ1n) is 10.5. The Labute approximate surface area is 208 Å². The highest BCUT2D eigenvalue weighted by Gasteiger charge is 2.19. The highest BCUT2D eigenvalue weighted by molar-refractivity contribution is 7.16. The van der Waals surface area contributed by atoms with Gasteiger partial charge in [-0.1, -0.05) is 41.9 Å². The van der Waals surface area contributed by atoms with Gasteiger partial charge in [-0.3, -0.25) is 9.59 Å². The molecule has 6 nitrogen and oxygen atoms in total. The normalized spacial score (nSPS) is 11.0. The summed E-state index contributed by atoms with van der Waals surface area (Å²) in [5.41, 5.74) is 2.01. The van der Waals surface area contributed by atoms with Crippen molar-refractivity contribution in [2.24, 2.45) is 0 Å². The zero-order valence-electron chi connectivity index (χ0n) is 17.8. The maximum absolute atomic E-state index is 13.4. The van der Waals surface area contributed by atoms with Crippen LogP contribution in [-0.2, 0) is 13.1 Å². The fourth-order valence-corrected chi connectivity index (χ4v) is 5.22. The standard InChI is InChI=1S/C25H19ClN4O2S2/c26-22-9-8-19(34-22)14-27-23-13-20(24(31)18-10-12-33-16-18)28-30(23)21-7-4-11-29(25(21)32)15-17-5-2-1-3-6-17/h1-13,16,27H,14-15H2. The highest BCUT2D eigenvalue weighted by Crippen LogP contribution is 2.24. The van der Waals surface area contributed by atoms with Crippen molar-refractivity contribution in [3.8, 4) is 5.69 Å². The molecule has 34 heavy (non-hydrogen) atoms. The average Bonchev–Trinajstić information content (AvgIpc) is 3.61. The molecule has 0 saturated heterocycles. The largest absolute Gasteiger partial charge is 0.365 e. The predicted molar refractivity (Wildman–Crippen MR) is 138 cm³/mol. The van der Waals surface area contributed by atoms with E-state index in [0.717, 1.165) is 10.4 Å². The second-order valence-electron chi connectivity index (χ2n) is 7.54. The van der Waals surface area contributed by atoms with Crippen LogP contribution < -0.4 is 10.9 Å². The minimum Gasteiger partial charge on any atom is -0.365 e. The Hall–Kier alpha value is -3.46. The summed E-state index contributed by atoms with van der Waals surface area (Å²) in [7, 11) is 0. The molecule has 170 valence electrons. The van der Waals surface area contributed by atoms with Crippen molar-refractivity contribution in [1.82, 2.24) is 14.3 Å². The van der Waals surface area contributed by atoms with Crippen LogP contribution in [0, 0.1) is 0 Å². The van der Waals surface area contributed by atoms with Gasteiger partial charge < -0.3 is 9.88 Å². The van der Waals surface area contributed by atoms with E-state index >= 15 is 0 Å². The molecule has 0 aliphatic heterocycles. The van der Waals surface area contributed by atoms with E-state index in [1.165, 1.54) is 27.4 Å². The Kier molecular flexibility index (Phi) is 6.44. The number of aromatic nitrogens is 3. The highest BCUT2D eigenvalue weighted by atomic mass is 35.5. The van der Waals surface area contributed by atoms with Gasteiger partial charge in [-0.05, 0) is 41.3 Å². The van der Waals surface area contributed by atoms with E-state index in [2.05, 4.69) is 10.4 Å². The summed E-state index contributed by atoms with van der Waals surface area (Å²) in [5.74, 6) is 0.362. The number of carbonyl (C=O) groups is 1. The number of hydrogen-bond acceptors (Lipinski definition) is 6. The van der Waals surface area contributed by atoms with Gasteiger partial charge in [0.05, 0.1) is 17.4 Å². The fourth-order valence-electron chi connectivity index (χ4n) is 3.56. The van der Waals surface area contributed by atoms with Gasteiger partial charge in [-0.15, -0.1) is 11.3 Å². The van der Waals surface area contributed by atoms with Gasteiger partial charge in [-0.2, -0.15) is 16.4 Å². The monoisotopic (exact) mass is 506 g/mol. The zero-order chi connectivity index (χ0) is 23.5. The summed E-state index contributed by atoms with van der Waals surface area (Å²) in [5, 5.41) is 11.5. The molecule has 0 aliphatic carbocycles. The summed E-state index contributed by atoms with van der Waals surface area (Å²) >= 11 is 8.98. The van der Waals surface area contributed by atoms with Crippen LogP contribution >= 0.6 is 34.3 Å². The topological polar surface area (TPSA) is 68.9 Å². The maximum atomic E-state index is 13.4. The molecule has 0 aliphatic rings. The fraction of sp³-hybridized carbons (Fsp3) is 0.0800. The second kappa shape index (κ2) is 9.80. The Morgan fingerprint density at radius 2 is 1.91 bits per heavy atom. The van der Waals surface area contributed by atoms with E-state index in [0.29, 0.717) is 34.5 Å². The molecule has 0 atom stereocenters. The molecular formula is C25H19ClN4O2S2. The smallest absolute Gasteiger partial charge is 0.276 e. The molecule has 0 bridgehead atoms. The average molecular weight is 507 g/mol. The maximum Gasteiger partial charge on any atom is 0.276 e. The number of hydrogen-bond donors (Lipinski definition) is 1. The molecular weight excluding hydrogens is 488 g/mol. The van der Waals surface area contributed by atoms with Crippen LogP contribution in [-0.4, -0.2) is 20.1 Å². The Bertz CT molecular complexity index is 1490. The minimum atomic E-state index is -0.203. The van der Waals surface area contributed by atoms with E-state index in [-0.39, 0.29) is 17.0 Å². The number of ketones is 1. The van der Waals surface area contributed by atoms with Gasteiger partial charge in [0, 0.05) is 28.1 Å². The lowest BCUT2D eigenvalue weighted by atomic mass is 10.2. The first-order chi connectivity index (χ1) is 16.6.